The Bertz CT molecular complexity index is 408. The molecular weight excluding hydrogens is 268 g/mol. The molecular formula is C15H26N4S. The number of hydrogen-bond acceptors (Lipinski definition) is 5. The quantitative estimate of drug-likeness (QED) is 0.779. The highest BCUT2D eigenvalue weighted by molar-refractivity contribution is 7.09. The van der Waals surface area contributed by atoms with Gasteiger partial charge >= 0.3 is 0 Å². The lowest BCUT2D eigenvalue weighted by molar-refractivity contribution is 0.120. The molecule has 0 amide bonds. The normalized spacial score (nSPS) is 21.4. The second-order valence-electron chi connectivity index (χ2n) is 5.95. The van der Waals surface area contributed by atoms with Crippen LogP contribution in [0, 0.1) is 0 Å². The molecule has 0 atom stereocenters. The van der Waals surface area contributed by atoms with Crippen molar-refractivity contribution in [2.24, 2.45) is 0 Å². The van der Waals surface area contributed by atoms with Gasteiger partial charge in [0.2, 0.25) is 0 Å². The van der Waals surface area contributed by atoms with Crippen LogP contribution in [-0.2, 0) is 13.1 Å². The van der Waals surface area contributed by atoms with Crippen molar-refractivity contribution in [3.63, 3.8) is 0 Å². The van der Waals surface area contributed by atoms with Crippen molar-refractivity contribution < 1.29 is 0 Å². The monoisotopic (exact) mass is 294 g/mol. The molecule has 1 saturated heterocycles. The minimum atomic E-state index is 0.924. The predicted molar refractivity (Wildman–Crippen MR) is 84.0 cm³/mol. The van der Waals surface area contributed by atoms with Crippen LogP contribution in [0.5, 0.6) is 0 Å². The third-order valence-corrected chi connectivity index (χ3v) is 5.06. The Kier molecular flexibility index (Phi) is 5.04. The molecule has 112 valence electrons. The largest absolute Gasteiger partial charge is 0.310 e. The molecule has 0 spiro atoms. The molecule has 2 fully saturated rings. The van der Waals surface area contributed by atoms with Crippen LogP contribution < -0.4 is 5.32 Å². The van der Waals surface area contributed by atoms with Crippen LogP contribution in [0.1, 0.15) is 36.9 Å². The van der Waals surface area contributed by atoms with Gasteiger partial charge in [0.1, 0.15) is 5.01 Å². The molecule has 0 bridgehead atoms. The van der Waals surface area contributed by atoms with Crippen LogP contribution in [0.25, 0.3) is 0 Å². The van der Waals surface area contributed by atoms with E-state index in [1.807, 2.05) is 0 Å². The van der Waals surface area contributed by atoms with E-state index < -0.39 is 0 Å². The summed E-state index contributed by atoms with van der Waals surface area (Å²) in [5.74, 6) is 0. The van der Waals surface area contributed by atoms with E-state index in [0.29, 0.717) is 0 Å². The summed E-state index contributed by atoms with van der Waals surface area (Å²) in [4.78, 5) is 9.96. The highest BCUT2D eigenvalue weighted by Gasteiger charge is 2.31. The van der Waals surface area contributed by atoms with Gasteiger partial charge in [0, 0.05) is 50.7 Å². The predicted octanol–water partition coefficient (Wildman–Crippen LogP) is 1.92. The molecule has 1 aliphatic heterocycles. The van der Waals surface area contributed by atoms with Crippen molar-refractivity contribution in [2.45, 2.75) is 45.3 Å². The third kappa shape index (κ3) is 4.01. The maximum Gasteiger partial charge on any atom is 0.107 e. The molecule has 0 radical (unpaired) electrons. The van der Waals surface area contributed by atoms with E-state index in [1.165, 1.54) is 56.1 Å². The Hall–Kier alpha value is -0.490. The molecule has 20 heavy (non-hydrogen) atoms. The summed E-state index contributed by atoms with van der Waals surface area (Å²) in [5.41, 5.74) is 1.25. The zero-order valence-corrected chi connectivity index (χ0v) is 13.3. The van der Waals surface area contributed by atoms with Crippen LogP contribution in [0.2, 0.25) is 0 Å². The van der Waals surface area contributed by atoms with Gasteiger partial charge in [0.05, 0.1) is 5.69 Å². The number of aromatic nitrogens is 1. The number of hydrogen-bond donors (Lipinski definition) is 1. The topological polar surface area (TPSA) is 31.4 Å². The summed E-state index contributed by atoms with van der Waals surface area (Å²) >= 11 is 1.79. The first-order valence-corrected chi connectivity index (χ1v) is 8.83. The summed E-state index contributed by atoms with van der Waals surface area (Å²) in [5, 5.41) is 6.88. The highest BCUT2D eigenvalue weighted by Crippen LogP contribution is 2.27. The number of thiazole rings is 1. The second kappa shape index (κ2) is 6.98. The third-order valence-electron chi connectivity index (χ3n) is 4.16. The lowest BCUT2D eigenvalue weighted by atomic mass is 10.3. The molecule has 1 N–H and O–H groups in total. The zero-order valence-electron chi connectivity index (χ0n) is 12.5. The van der Waals surface area contributed by atoms with Crippen LogP contribution in [0.3, 0.4) is 0 Å². The first kappa shape index (κ1) is 14.4. The van der Waals surface area contributed by atoms with Gasteiger partial charge in [-0.2, -0.15) is 0 Å². The number of nitrogens with zero attached hydrogens (tertiary/aromatic N) is 3. The molecule has 1 aromatic rings. The molecule has 2 heterocycles. The average molecular weight is 294 g/mol. The van der Waals surface area contributed by atoms with Crippen molar-refractivity contribution in [1.82, 2.24) is 20.1 Å². The summed E-state index contributed by atoms with van der Waals surface area (Å²) in [6.45, 7) is 10.1. The average Bonchev–Trinajstić information content (AvgIpc) is 3.22. The Balaban J connectivity index is 1.41. The maximum absolute atomic E-state index is 4.74. The fourth-order valence-electron chi connectivity index (χ4n) is 2.83. The van der Waals surface area contributed by atoms with Gasteiger partial charge in [0.25, 0.3) is 0 Å². The minimum absolute atomic E-state index is 0.924. The van der Waals surface area contributed by atoms with Crippen LogP contribution in [0.15, 0.2) is 5.38 Å². The van der Waals surface area contributed by atoms with E-state index in [2.05, 4.69) is 27.4 Å². The van der Waals surface area contributed by atoms with E-state index in [4.69, 9.17) is 4.98 Å². The Morgan fingerprint density at radius 1 is 1.30 bits per heavy atom. The molecule has 1 aliphatic carbocycles. The smallest absolute Gasteiger partial charge is 0.107 e. The highest BCUT2D eigenvalue weighted by atomic mass is 32.1. The number of nitrogens with one attached hydrogen (secondary N) is 1. The molecule has 2 aliphatic rings. The van der Waals surface area contributed by atoms with Crippen molar-refractivity contribution in [2.75, 3.05) is 32.7 Å². The molecule has 1 aromatic heterocycles. The van der Waals surface area contributed by atoms with Crippen molar-refractivity contribution in [3.8, 4) is 0 Å². The summed E-state index contributed by atoms with van der Waals surface area (Å²) < 4.78 is 0. The fraction of sp³-hybridized carbons (Fsp3) is 0.800. The summed E-state index contributed by atoms with van der Waals surface area (Å²) in [7, 11) is 0. The van der Waals surface area contributed by atoms with E-state index >= 15 is 0 Å². The van der Waals surface area contributed by atoms with Crippen molar-refractivity contribution >= 4 is 11.3 Å². The van der Waals surface area contributed by atoms with Gasteiger partial charge in [0.15, 0.2) is 0 Å². The molecule has 1 saturated carbocycles. The Labute approximate surface area is 126 Å². The van der Waals surface area contributed by atoms with Crippen LogP contribution in [0.4, 0.5) is 0 Å². The SMILES string of the molecule is CCCNCc1nc(CN2CCN(C3CC3)CC2)cs1. The van der Waals surface area contributed by atoms with Gasteiger partial charge in [-0.3, -0.25) is 9.80 Å². The minimum Gasteiger partial charge on any atom is -0.310 e. The van der Waals surface area contributed by atoms with Crippen LogP contribution in [-0.4, -0.2) is 53.5 Å². The van der Waals surface area contributed by atoms with Gasteiger partial charge in [-0.05, 0) is 25.8 Å². The van der Waals surface area contributed by atoms with Crippen LogP contribution >= 0.6 is 11.3 Å². The lowest BCUT2D eigenvalue weighted by Crippen LogP contribution is -2.46. The molecule has 0 unspecified atom stereocenters. The lowest BCUT2D eigenvalue weighted by Gasteiger charge is -2.34. The fourth-order valence-corrected chi connectivity index (χ4v) is 3.58. The standard InChI is InChI=1S/C15H26N4S/c1-2-5-16-10-15-17-13(12-20-15)11-18-6-8-19(9-7-18)14-3-4-14/h12,14,16H,2-11H2,1H3. The molecule has 4 nitrogen and oxygen atoms in total. The van der Waals surface area contributed by atoms with Gasteiger partial charge in [-0.1, -0.05) is 6.92 Å². The molecule has 5 heteroatoms. The number of rotatable bonds is 7. The van der Waals surface area contributed by atoms with Gasteiger partial charge in [-0.25, -0.2) is 4.98 Å². The Morgan fingerprint density at radius 2 is 2.10 bits per heavy atom. The van der Waals surface area contributed by atoms with Crippen molar-refractivity contribution in [1.29, 1.82) is 0 Å². The van der Waals surface area contributed by atoms with E-state index in [-0.39, 0.29) is 0 Å². The van der Waals surface area contributed by atoms with Crippen molar-refractivity contribution in [3.05, 3.63) is 16.1 Å². The Morgan fingerprint density at radius 3 is 2.80 bits per heavy atom. The maximum atomic E-state index is 4.74. The zero-order chi connectivity index (χ0) is 13.8. The summed E-state index contributed by atoms with van der Waals surface area (Å²) in [6.07, 6.45) is 4.05. The first-order chi connectivity index (χ1) is 9.85. The molecule has 3 rings (SSSR count). The second-order valence-corrected chi connectivity index (χ2v) is 6.90. The number of piperazine rings is 1. The van der Waals surface area contributed by atoms with E-state index in [9.17, 15) is 0 Å². The first-order valence-electron chi connectivity index (χ1n) is 7.95. The molecule has 0 aromatic carbocycles. The van der Waals surface area contributed by atoms with Gasteiger partial charge in [-0.15, -0.1) is 11.3 Å². The summed E-state index contributed by atoms with van der Waals surface area (Å²) in [6, 6.07) is 0.924. The van der Waals surface area contributed by atoms with Gasteiger partial charge < -0.3 is 5.32 Å². The van der Waals surface area contributed by atoms with E-state index in [0.717, 1.165) is 25.7 Å². The van der Waals surface area contributed by atoms with E-state index in [1.54, 1.807) is 11.3 Å².